The lowest BCUT2D eigenvalue weighted by Gasteiger charge is -2.13. The average Bonchev–Trinajstić information content (AvgIpc) is 3.11. The first-order valence-electron chi connectivity index (χ1n) is 10.4. The van der Waals surface area contributed by atoms with Gasteiger partial charge < -0.3 is 0 Å². The summed E-state index contributed by atoms with van der Waals surface area (Å²) in [6.07, 6.45) is 2.08. The van der Waals surface area contributed by atoms with E-state index in [1.165, 1.54) is 26.9 Å². The van der Waals surface area contributed by atoms with Crippen LogP contribution in [0.5, 0.6) is 0 Å². The highest BCUT2D eigenvalue weighted by atomic mass is 14.3. The minimum Gasteiger partial charge on any atom is -0.192 e. The molecule has 0 amide bonds. The van der Waals surface area contributed by atoms with E-state index in [9.17, 15) is 10.5 Å². The van der Waals surface area contributed by atoms with Crippen LogP contribution < -0.4 is 0 Å². The Kier molecular flexibility index (Phi) is 3.78. The van der Waals surface area contributed by atoms with E-state index in [2.05, 4.69) is 79.4 Å². The summed E-state index contributed by atoms with van der Waals surface area (Å²) in [6, 6.07) is 31.3. The summed E-state index contributed by atoms with van der Waals surface area (Å²) in [5.41, 5.74) is 5.35. The standard InChI is InChI=1S/C30H16N2/c1-18-24-7-2-3-8-26(24)29(23(16-31)17-32)27(18)15-22-12-11-21-10-9-19-5-4-6-20-13-14-25(22)30(21)28(19)20/h2-15H,1H2/b27-15+. The Bertz CT molecular complexity index is 1720. The van der Waals surface area contributed by atoms with Crippen molar-refractivity contribution in [2.24, 2.45) is 0 Å². The smallest absolute Gasteiger partial charge is 0.138 e. The van der Waals surface area contributed by atoms with Crippen LogP contribution in [-0.2, 0) is 0 Å². The van der Waals surface area contributed by atoms with Crippen LogP contribution in [0.25, 0.3) is 49.5 Å². The molecule has 0 atom stereocenters. The summed E-state index contributed by atoms with van der Waals surface area (Å²) >= 11 is 0. The van der Waals surface area contributed by atoms with Crippen molar-refractivity contribution in [2.75, 3.05) is 0 Å². The van der Waals surface area contributed by atoms with E-state index in [0.29, 0.717) is 5.57 Å². The second-order valence-corrected chi connectivity index (χ2v) is 8.07. The van der Waals surface area contributed by atoms with E-state index in [0.717, 1.165) is 33.2 Å². The fourth-order valence-electron chi connectivity index (χ4n) is 5.01. The maximum Gasteiger partial charge on any atom is 0.138 e. The molecule has 6 rings (SSSR count). The number of benzene rings is 5. The van der Waals surface area contributed by atoms with Gasteiger partial charge in [-0.15, -0.1) is 0 Å². The predicted molar refractivity (Wildman–Crippen MR) is 132 cm³/mol. The van der Waals surface area contributed by atoms with Gasteiger partial charge in [-0.25, -0.2) is 0 Å². The summed E-state index contributed by atoms with van der Waals surface area (Å²) < 4.78 is 0. The minimum atomic E-state index is 0.111. The van der Waals surface area contributed by atoms with Crippen LogP contribution in [0.3, 0.4) is 0 Å². The third-order valence-electron chi connectivity index (χ3n) is 6.45. The lowest BCUT2D eigenvalue weighted by molar-refractivity contribution is 1.46. The lowest BCUT2D eigenvalue weighted by atomic mass is 9.90. The van der Waals surface area contributed by atoms with Crippen LogP contribution in [-0.4, -0.2) is 0 Å². The molecular weight excluding hydrogens is 388 g/mol. The predicted octanol–water partition coefficient (Wildman–Crippen LogP) is 7.50. The Morgan fingerprint density at radius 2 is 1.31 bits per heavy atom. The molecule has 0 N–H and O–H groups in total. The van der Waals surface area contributed by atoms with Gasteiger partial charge in [0, 0.05) is 5.57 Å². The van der Waals surface area contributed by atoms with E-state index in [4.69, 9.17) is 0 Å². The SMILES string of the molecule is C=C1/C(=C\c2ccc3ccc4cccc5ccc2c3c45)C(=C(C#N)C#N)c2ccccc21. The van der Waals surface area contributed by atoms with Crippen molar-refractivity contribution in [3.05, 3.63) is 113 Å². The second kappa shape index (κ2) is 6.67. The van der Waals surface area contributed by atoms with E-state index in [-0.39, 0.29) is 5.57 Å². The van der Waals surface area contributed by atoms with Crippen molar-refractivity contribution in [1.82, 2.24) is 0 Å². The Labute approximate surface area is 185 Å². The Morgan fingerprint density at radius 1 is 0.688 bits per heavy atom. The van der Waals surface area contributed by atoms with E-state index < -0.39 is 0 Å². The average molecular weight is 404 g/mol. The fourth-order valence-corrected chi connectivity index (χ4v) is 5.01. The van der Waals surface area contributed by atoms with E-state index >= 15 is 0 Å². The molecule has 0 aromatic heterocycles. The van der Waals surface area contributed by atoms with Gasteiger partial charge >= 0.3 is 0 Å². The molecule has 32 heavy (non-hydrogen) atoms. The molecule has 0 fully saturated rings. The number of hydrogen-bond donors (Lipinski definition) is 0. The zero-order valence-corrected chi connectivity index (χ0v) is 17.2. The van der Waals surface area contributed by atoms with Gasteiger partial charge in [-0.2, -0.15) is 10.5 Å². The number of nitrogens with zero attached hydrogens (tertiary/aromatic N) is 2. The molecule has 0 heterocycles. The van der Waals surface area contributed by atoms with E-state index in [1.54, 1.807) is 0 Å². The van der Waals surface area contributed by atoms with Gasteiger partial charge in [0.2, 0.25) is 0 Å². The molecule has 0 saturated heterocycles. The van der Waals surface area contributed by atoms with Crippen LogP contribution in [0, 0.1) is 22.7 Å². The van der Waals surface area contributed by atoms with Crippen molar-refractivity contribution in [3.63, 3.8) is 0 Å². The molecule has 0 unspecified atom stereocenters. The van der Waals surface area contributed by atoms with Gasteiger partial charge in [0.1, 0.15) is 17.7 Å². The third kappa shape index (κ3) is 2.38. The Morgan fingerprint density at radius 3 is 2.03 bits per heavy atom. The van der Waals surface area contributed by atoms with Gasteiger partial charge in [-0.3, -0.25) is 0 Å². The summed E-state index contributed by atoms with van der Waals surface area (Å²) in [4.78, 5) is 0. The molecule has 2 nitrogen and oxygen atoms in total. The summed E-state index contributed by atoms with van der Waals surface area (Å²) in [5.74, 6) is 0. The van der Waals surface area contributed by atoms with Crippen LogP contribution in [0.1, 0.15) is 16.7 Å². The van der Waals surface area contributed by atoms with Crippen LogP contribution in [0.2, 0.25) is 0 Å². The number of hydrogen-bond acceptors (Lipinski definition) is 2. The molecule has 146 valence electrons. The molecule has 0 bridgehead atoms. The Balaban J connectivity index is 1.69. The van der Waals surface area contributed by atoms with Gasteiger partial charge in [0.25, 0.3) is 0 Å². The largest absolute Gasteiger partial charge is 0.192 e. The molecule has 0 radical (unpaired) electrons. The minimum absolute atomic E-state index is 0.111. The van der Waals surface area contributed by atoms with Crippen molar-refractivity contribution < 1.29 is 0 Å². The quantitative estimate of drug-likeness (QED) is 0.214. The van der Waals surface area contributed by atoms with Gasteiger partial charge in [0.05, 0.1) is 0 Å². The van der Waals surface area contributed by atoms with Crippen molar-refractivity contribution >= 4 is 49.5 Å². The topological polar surface area (TPSA) is 47.6 Å². The first-order valence-corrected chi connectivity index (χ1v) is 10.4. The van der Waals surface area contributed by atoms with Crippen molar-refractivity contribution in [2.45, 2.75) is 0 Å². The highest BCUT2D eigenvalue weighted by molar-refractivity contribution is 6.25. The highest BCUT2D eigenvalue weighted by Crippen LogP contribution is 2.47. The Hall–Kier alpha value is -4.66. The molecule has 5 aromatic carbocycles. The normalized spacial score (nSPS) is 14.2. The highest BCUT2D eigenvalue weighted by Gasteiger charge is 2.28. The van der Waals surface area contributed by atoms with Gasteiger partial charge in [-0.1, -0.05) is 85.4 Å². The number of allylic oxidation sites excluding steroid dienone is 4. The monoisotopic (exact) mass is 404 g/mol. The van der Waals surface area contributed by atoms with Gasteiger partial charge in [0.15, 0.2) is 0 Å². The van der Waals surface area contributed by atoms with Crippen LogP contribution >= 0.6 is 0 Å². The summed E-state index contributed by atoms with van der Waals surface area (Å²) in [6.45, 7) is 4.31. The van der Waals surface area contributed by atoms with Crippen LogP contribution in [0.4, 0.5) is 0 Å². The molecule has 5 aromatic rings. The molecule has 1 aliphatic rings. The second-order valence-electron chi connectivity index (χ2n) is 8.07. The van der Waals surface area contributed by atoms with Crippen LogP contribution in [0.15, 0.2) is 96.6 Å². The summed E-state index contributed by atoms with van der Waals surface area (Å²) in [5, 5.41) is 26.6. The lowest BCUT2D eigenvalue weighted by Crippen LogP contribution is -1.89. The summed E-state index contributed by atoms with van der Waals surface area (Å²) in [7, 11) is 0. The van der Waals surface area contributed by atoms with E-state index in [1.807, 2.05) is 24.3 Å². The van der Waals surface area contributed by atoms with Crippen molar-refractivity contribution in [3.8, 4) is 12.1 Å². The molecular formula is C30H16N2. The first-order chi connectivity index (χ1) is 15.7. The molecule has 0 aliphatic heterocycles. The zero-order chi connectivity index (χ0) is 21.8. The fraction of sp³-hybridized carbons (Fsp3) is 0. The van der Waals surface area contributed by atoms with Crippen molar-refractivity contribution in [1.29, 1.82) is 10.5 Å². The van der Waals surface area contributed by atoms with Gasteiger partial charge in [-0.05, 0) is 66.2 Å². The molecule has 0 spiro atoms. The molecule has 2 heteroatoms. The maximum absolute atomic E-state index is 9.65. The number of rotatable bonds is 1. The number of fused-ring (bicyclic) bond motifs is 1. The molecule has 0 saturated carbocycles. The maximum atomic E-state index is 9.65. The third-order valence-corrected chi connectivity index (χ3v) is 6.45. The number of nitriles is 2. The zero-order valence-electron chi connectivity index (χ0n) is 17.2. The molecule has 1 aliphatic carbocycles. The first kappa shape index (κ1) is 18.1.